The summed E-state index contributed by atoms with van der Waals surface area (Å²) in [5.41, 5.74) is 7.82. The van der Waals surface area contributed by atoms with Crippen molar-refractivity contribution < 1.29 is 0 Å². The van der Waals surface area contributed by atoms with E-state index in [-0.39, 0.29) is 27.2 Å². The molecule has 19 heavy (non-hydrogen) atoms. The van der Waals surface area contributed by atoms with Crippen LogP contribution in [-0.2, 0) is 0 Å². The van der Waals surface area contributed by atoms with E-state index in [4.69, 9.17) is 5.73 Å². The molecular formula is C18H37N. The lowest BCUT2D eigenvalue weighted by Crippen LogP contribution is -2.72. The quantitative estimate of drug-likeness (QED) is 0.626. The molecule has 0 spiro atoms. The molecular weight excluding hydrogens is 230 g/mol. The van der Waals surface area contributed by atoms with Crippen LogP contribution in [0.3, 0.4) is 0 Å². The molecule has 0 aromatic rings. The van der Waals surface area contributed by atoms with Crippen molar-refractivity contribution in [3.05, 3.63) is 0 Å². The molecule has 1 nitrogen and oxygen atoms in total. The van der Waals surface area contributed by atoms with Gasteiger partial charge in [-0.15, -0.1) is 0 Å². The van der Waals surface area contributed by atoms with Crippen molar-refractivity contribution in [3.8, 4) is 0 Å². The predicted molar refractivity (Wildman–Crippen MR) is 86.2 cm³/mol. The van der Waals surface area contributed by atoms with Crippen LogP contribution in [0.25, 0.3) is 0 Å². The second-order valence-electron chi connectivity index (χ2n) is 9.83. The highest BCUT2D eigenvalue weighted by Gasteiger charge is 2.65. The van der Waals surface area contributed by atoms with Gasteiger partial charge in [0.1, 0.15) is 0 Å². The fourth-order valence-electron chi connectivity index (χ4n) is 5.46. The van der Waals surface area contributed by atoms with Crippen LogP contribution in [0.15, 0.2) is 0 Å². The van der Waals surface area contributed by atoms with E-state index >= 15 is 0 Å². The summed E-state index contributed by atoms with van der Waals surface area (Å²) in [4.78, 5) is 0. The Morgan fingerprint density at radius 3 is 1.26 bits per heavy atom. The smallest absolute Gasteiger partial charge is 0.0270 e. The molecule has 114 valence electrons. The fraction of sp³-hybridized carbons (Fsp3) is 1.00. The summed E-state index contributed by atoms with van der Waals surface area (Å²) < 4.78 is 0. The highest BCUT2D eigenvalue weighted by molar-refractivity contribution is 5.18. The number of rotatable bonds is 0. The van der Waals surface area contributed by atoms with Gasteiger partial charge in [-0.05, 0) is 34.5 Å². The van der Waals surface area contributed by atoms with Crippen LogP contribution < -0.4 is 5.73 Å². The molecule has 0 amide bonds. The molecule has 1 aliphatic rings. The van der Waals surface area contributed by atoms with Crippen molar-refractivity contribution in [3.63, 3.8) is 0 Å². The molecule has 0 heterocycles. The van der Waals surface area contributed by atoms with Gasteiger partial charge in [0.2, 0.25) is 0 Å². The van der Waals surface area contributed by atoms with E-state index in [1.54, 1.807) is 0 Å². The van der Waals surface area contributed by atoms with E-state index in [1.807, 2.05) is 0 Å². The first kappa shape index (κ1) is 17.0. The van der Waals surface area contributed by atoms with Crippen molar-refractivity contribution in [2.75, 3.05) is 0 Å². The van der Waals surface area contributed by atoms with Crippen molar-refractivity contribution >= 4 is 0 Å². The molecule has 0 bridgehead atoms. The van der Waals surface area contributed by atoms with Gasteiger partial charge in [0, 0.05) is 5.54 Å². The van der Waals surface area contributed by atoms with Gasteiger partial charge in [0.25, 0.3) is 0 Å². The standard InChI is InChI=1S/C18H37N/c1-14(2,3)17(15(4,5)6)12-10-11-13-18(17,19)16(7,8)9/h10-13,19H2,1-9H3. The Hall–Kier alpha value is -0.0400. The van der Waals surface area contributed by atoms with Crippen LogP contribution in [0.5, 0.6) is 0 Å². The van der Waals surface area contributed by atoms with E-state index in [2.05, 4.69) is 62.3 Å². The largest absolute Gasteiger partial charge is 0.324 e. The Bertz CT molecular complexity index is 307. The van der Waals surface area contributed by atoms with Crippen LogP contribution in [0.1, 0.15) is 88.0 Å². The topological polar surface area (TPSA) is 26.0 Å². The maximum absolute atomic E-state index is 7.19. The summed E-state index contributed by atoms with van der Waals surface area (Å²) in [6.45, 7) is 21.4. The molecule has 2 N–H and O–H groups in total. The maximum atomic E-state index is 7.19. The van der Waals surface area contributed by atoms with Crippen molar-refractivity contribution in [1.29, 1.82) is 0 Å². The van der Waals surface area contributed by atoms with E-state index in [9.17, 15) is 0 Å². The summed E-state index contributed by atoms with van der Waals surface area (Å²) in [5.74, 6) is 0. The number of nitrogens with two attached hydrogens (primary N) is 1. The van der Waals surface area contributed by atoms with Gasteiger partial charge in [-0.2, -0.15) is 0 Å². The summed E-state index contributed by atoms with van der Waals surface area (Å²) in [5, 5.41) is 0. The SMILES string of the molecule is CC(C)(C)C1(N)CCCCC1(C(C)(C)C)C(C)(C)C. The minimum Gasteiger partial charge on any atom is -0.324 e. The molecule has 0 aliphatic heterocycles. The van der Waals surface area contributed by atoms with E-state index in [0.29, 0.717) is 0 Å². The summed E-state index contributed by atoms with van der Waals surface area (Å²) in [6, 6.07) is 0. The first-order valence-corrected chi connectivity index (χ1v) is 8.00. The molecule has 1 atom stereocenters. The zero-order valence-electron chi connectivity index (χ0n) is 14.9. The highest BCUT2D eigenvalue weighted by Crippen LogP contribution is 2.66. The maximum Gasteiger partial charge on any atom is 0.0270 e. The Morgan fingerprint density at radius 2 is 1.00 bits per heavy atom. The molecule has 1 aliphatic carbocycles. The monoisotopic (exact) mass is 267 g/mol. The molecule has 1 fully saturated rings. The molecule has 1 rings (SSSR count). The zero-order valence-corrected chi connectivity index (χ0v) is 14.9. The number of hydrogen-bond donors (Lipinski definition) is 1. The third kappa shape index (κ3) is 2.26. The van der Waals surface area contributed by atoms with Gasteiger partial charge < -0.3 is 5.73 Å². The van der Waals surface area contributed by atoms with Gasteiger partial charge >= 0.3 is 0 Å². The van der Waals surface area contributed by atoms with Crippen LogP contribution >= 0.6 is 0 Å². The van der Waals surface area contributed by atoms with Crippen LogP contribution in [0.4, 0.5) is 0 Å². The Kier molecular flexibility index (Phi) is 4.01. The molecule has 1 unspecified atom stereocenters. The Labute approximate surface area is 121 Å². The first-order chi connectivity index (χ1) is 8.21. The Balaban J connectivity index is 3.59. The minimum absolute atomic E-state index is 0.102. The second kappa shape index (κ2) is 4.48. The second-order valence-corrected chi connectivity index (χ2v) is 9.83. The summed E-state index contributed by atoms with van der Waals surface area (Å²) in [6.07, 6.45) is 5.02. The average Bonchev–Trinajstić information content (AvgIpc) is 2.12. The van der Waals surface area contributed by atoms with Gasteiger partial charge in [0.05, 0.1) is 0 Å². The fourth-order valence-corrected chi connectivity index (χ4v) is 5.46. The Morgan fingerprint density at radius 1 is 0.632 bits per heavy atom. The van der Waals surface area contributed by atoms with Gasteiger partial charge in [0.15, 0.2) is 0 Å². The normalized spacial score (nSPS) is 29.4. The van der Waals surface area contributed by atoms with Crippen LogP contribution in [-0.4, -0.2) is 5.54 Å². The van der Waals surface area contributed by atoms with E-state index in [1.165, 1.54) is 19.3 Å². The summed E-state index contributed by atoms with van der Waals surface area (Å²) >= 11 is 0. The zero-order chi connectivity index (χ0) is 15.3. The first-order valence-electron chi connectivity index (χ1n) is 8.00. The predicted octanol–water partition coefficient (Wildman–Crippen LogP) is 5.38. The van der Waals surface area contributed by atoms with E-state index in [0.717, 1.165) is 6.42 Å². The molecule has 0 aromatic heterocycles. The van der Waals surface area contributed by atoms with Crippen LogP contribution in [0.2, 0.25) is 0 Å². The lowest BCUT2D eigenvalue weighted by atomic mass is 9.38. The lowest BCUT2D eigenvalue weighted by Gasteiger charge is -2.69. The average molecular weight is 268 g/mol. The third-order valence-corrected chi connectivity index (χ3v) is 6.03. The lowest BCUT2D eigenvalue weighted by molar-refractivity contribution is -0.163. The van der Waals surface area contributed by atoms with Gasteiger partial charge in [-0.1, -0.05) is 75.2 Å². The van der Waals surface area contributed by atoms with E-state index < -0.39 is 0 Å². The molecule has 0 saturated heterocycles. The van der Waals surface area contributed by atoms with Crippen molar-refractivity contribution in [2.24, 2.45) is 27.4 Å². The molecule has 1 heteroatoms. The number of hydrogen-bond acceptors (Lipinski definition) is 1. The summed E-state index contributed by atoms with van der Waals surface area (Å²) in [7, 11) is 0. The minimum atomic E-state index is -0.102. The van der Waals surface area contributed by atoms with Gasteiger partial charge in [-0.25, -0.2) is 0 Å². The van der Waals surface area contributed by atoms with Gasteiger partial charge in [-0.3, -0.25) is 0 Å². The van der Waals surface area contributed by atoms with Crippen LogP contribution in [0, 0.1) is 21.7 Å². The van der Waals surface area contributed by atoms with Crippen molar-refractivity contribution in [1.82, 2.24) is 0 Å². The third-order valence-electron chi connectivity index (χ3n) is 6.03. The molecule has 1 saturated carbocycles. The molecule has 0 radical (unpaired) electrons. The highest BCUT2D eigenvalue weighted by atomic mass is 14.9. The molecule has 0 aromatic carbocycles. The van der Waals surface area contributed by atoms with Crippen molar-refractivity contribution in [2.45, 2.75) is 93.5 Å².